The van der Waals surface area contributed by atoms with Crippen LogP contribution >= 0.6 is 0 Å². The lowest BCUT2D eigenvalue weighted by atomic mass is 9.55. The first kappa shape index (κ1) is 33.5. The minimum Gasteiger partial charge on any atom is -0.309 e. The van der Waals surface area contributed by atoms with E-state index < -0.39 is 10.8 Å². The van der Waals surface area contributed by atoms with Crippen LogP contribution in [0, 0.1) is 0 Å². The van der Waals surface area contributed by atoms with Crippen molar-refractivity contribution in [2.45, 2.75) is 30.1 Å². The fraction of sp³-hybridized carbons (Fsp3) is 0.0909. The average Bonchev–Trinajstić information content (AvgIpc) is 3.89. The zero-order chi connectivity index (χ0) is 39.8. The van der Waals surface area contributed by atoms with Crippen LogP contribution in [0.4, 0.5) is 17.1 Å². The molecule has 4 aromatic heterocycles. The summed E-state index contributed by atoms with van der Waals surface area (Å²) in [5, 5.41) is 0. The molecule has 0 saturated carbocycles. The van der Waals surface area contributed by atoms with Gasteiger partial charge in [0.1, 0.15) is 0 Å². The first-order valence-corrected chi connectivity index (χ1v) is 20.7. The number of hydrogen-bond donors (Lipinski definition) is 0. The van der Waals surface area contributed by atoms with Crippen molar-refractivity contribution in [2.75, 3.05) is 4.90 Å². The van der Waals surface area contributed by atoms with Gasteiger partial charge in [0.05, 0.1) is 45.5 Å². The van der Waals surface area contributed by atoms with Crippen LogP contribution in [0.2, 0.25) is 0 Å². The summed E-state index contributed by atoms with van der Waals surface area (Å²) < 4.78 is 0. The number of aromatic nitrogens is 4. The Balaban J connectivity index is 1.16. The Hall–Kier alpha value is -7.50. The van der Waals surface area contributed by atoms with Crippen molar-refractivity contribution in [3.8, 4) is 33.9 Å². The highest BCUT2D eigenvalue weighted by atomic mass is 15.1. The smallest absolute Gasteiger partial charge is 0.0939 e. The Labute approximate surface area is 348 Å². The molecule has 0 fully saturated rings. The van der Waals surface area contributed by atoms with Gasteiger partial charge >= 0.3 is 0 Å². The lowest BCUT2D eigenvalue weighted by Crippen LogP contribution is -2.41. The third kappa shape index (κ3) is 3.97. The van der Waals surface area contributed by atoms with Gasteiger partial charge in [0, 0.05) is 40.9 Å². The van der Waals surface area contributed by atoms with E-state index in [1.807, 2.05) is 24.8 Å². The van der Waals surface area contributed by atoms with Gasteiger partial charge in [-0.1, -0.05) is 123 Å². The number of hydrogen-bond acceptors (Lipinski definition) is 5. The van der Waals surface area contributed by atoms with E-state index in [1.165, 1.54) is 55.6 Å². The van der Waals surface area contributed by atoms with Crippen LogP contribution in [-0.4, -0.2) is 19.9 Å². The lowest BCUT2D eigenvalue weighted by Gasteiger charge is -2.47. The molecule has 4 heterocycles. The van der Waals surface area contributed by atoms with E-state index in [2.05, 4.69) is 183 Å². The van der Waals surface area contributed by atoms with Crippen molar-refractivity contribution in [3.05, 3.63) is 244 Å². The van der Waals surface area contributed by atoms with Crippen LogP contribution in [0.3, 0.4) is 0 Å². The molecular weight excluding hydrogens is 731 g/mol. The van der Waals surface area contributed by atoms with Gasteiger partial charge in [0.2, 0.25) is 0 Å². The highest BCUT2D eigenvalue weighted by Gasteiger charge is 2.58. The van der Waals surface area contributed by atoms with Crippen molar-refractivity contribution in [1.29, 1.82) is 0 Å². The number of nitrogens with zero attached hydrogens (tertiary/aromatic N) is 5. The van der Waals surface area contributed by atoms with Crippen molar-refractivity contribution in [1.82, 2.24) is 19.9 Å². The largest absolute Gasteiger partial charge is 0.309 e. The molecule has 0 bridgehead atoms. The van der Waals surface area contributed by atoms with Crippen molar-refractivity contribution in [2.24, 2.45) is 0 Å². The molecular formula is C55H37N5. The van der Waals surface area contributed by atoms with Crippen molar-refractivity contribution in [3.63, 3.8) is 0 Å². The van der Waals surface area contributed by atoms with Gasteiger partial charge < -0.3 is 4.90 Å². The van der Waals surface area contributed by atoms with Crippen molar-refractivity contribution >= 4 is 17.1 Å². The maximum Gasteiger partial charge on any atom is 0.0939 e. The monoisotopic (exact) mass is 767 g/mol. The van der Waals surface area contributed by atoms with Gasteiger partial charge in [-0.3, -0.25) is 19.9 Å². The number of anilines is 3. The Morgan fingerprint density at radius 2 is 0.817 bits per heavy atom. The molecule has 4 aliphatic rings. The maximum atomic E-state index is 5.40. The van der Waals surface area contributed by atoms with E-state index in [0.29, 0.717) is 0 Å². The minimum absolute atomic E-state index is 0.355. The molecule has 2 spiro atoms. The van der Waals surface area contributed by atoms with Gasteiger partial charge in [-0.2, -0.15) is 0 Å². The molecule has 5 heteroatoms. The zero-order valence-corrected chi connectivity index (χ0v) is 33.1. The van der Waals surface area contributed by atoms with Gasteiger partial charge in [-0.15, -0.1) is 0 Å². The predicted molar refractivity (Wildman–Crippen MR) is 238 cm³/mol. The molecule has 4 aliphatic carbocycles. The summed E-state index contributed by atoms with van der Waals surface area (Å²) in [6.45, 7) is 4.80. The van der Waals surface area contributed by atoms with Gasteiger partial charge in [-0.05, 0) is 116 Å². The second kappa shape index (κ2) is 11.8. The third-order valence-corrected chi connectivity index (χ3v) is 13.9. The fourth-order valence-corrected chi connectivity index (χ4v) is 11.6. The van der Waals surface area contributed by atoms with Crippen LogP contribution in [-0.2, 0) is 16.2 Å². The summed E-state index contributed by atoms with van der Waals surface area (Å²) in [7, 11) is 0. The molecule has 5 aromatic carbocycles. The van der Waals surface area contributed by atoms with Crippen LogP contribution in [0.25, 0.3) is 33.9 Å². The van der Waals surface area contributed by atoms with E-state index in [4.69, 9.17) is 19.9 Å². The Morgan fingerprint density at radius 3 is 1.42 bits per heavy atom. The second-order valence-electron chi connectivity index (χ2n) is 17.0. The number of rotatable bonds is 3. The molecule has 9 aromatic rings. The summed E-state index contributed by atoms with van der Waals surface area (Å²) in [6.07, 6.45) is 7.74. The van der Waals surface area contributed by atoms with E-state index in [9.17, 15) is 0 Å². The molecule has 13 rings (SSSR count). The molecule has 0 saturated heterocycles. The lowest BCUT2D eigenvalue weighted by molar-refractivity contribution is 0.561. The number of fused-ring (bicyclic) bond motifs is 19. The Bertz CT molecular complexity index is 3180. The predicted octanol–water partition coefficient (Wildman–Crippen LogP) is 12.1. The van der Waals surface area contributed by atoms with Crippen LogP contribution in [0.1, 0.15) is 69.5 Å². The van der Waals surface area contributed by atoms with E-state index in [1.54, 1.807) is 0 Å². The molecule has 0 N–H and O–H groups in total. The zero-order valence-electron chi connectivity index (χ0n) is 33.1. The standard InChI is InChI=1S/C55H37N5/c1-53(2)40-22-11-12-23-41(40)55(44-26-15-29-58-51(44)52-48(55)30-36(33-59-52)60(34-16-5-3-6-17-34)35-18-7-4-8-19-35)47-31-38-37-20-9-10-21-39(37)54(45(38)32-46(47)53)42-24-13-27-56-49(42)50-43(54)25-14-28-57-50/h3-33H,1-2H3. The molecule has 0 radical (unpaired) electrons. The maximum absolute atomic E-state index is 5.40. The number of pyridine rings is 4. The molecule has 5 nitrogen and oxygen atoms in total. The molecule has 282 valence electrons. The second-order valence-corrected chi connectivity index (χ2v) is 17.0. The highest BCUT2D eigenvalue weighted by Crippen LogP contribution is 2.67. The first-order chi connectivity index (χ1) is 29.5. The fourth-order valence-electron chi connectivity index (χ4n) is 11.6. The average molecular weight is 768 g/mol. The SMILES string of the molecule is CC1(C)c2ccccc2C2(c3cc4c(cc31)C1(c3ccccc3-4)c3cccnc3-c3ncccc31)c1cccnc1-c1ncc(N(c3ccccc3)c3ccccc3)cc12. The summed E-state index contributed by atoms with van der Waals surface area (Å²) in [6, 6.07) is 59.9. The Kier molecular flexibility index (Phi) is 6.58. The van der Waals surface area contributed by atoms with E-state index >= 15 is 0 Å². The summed E-state index contributed by atoms with van der Waals surface area (Å²) in [5.74, 6) is 0. The third-order valence-electron chi connectivity index (χ3n) is 13.9. The van der Waals surface area contributed by atoms with Crippen molar-refractivity contribution < 1.29 is 0 Å². The normalized spacial score (nSPS) is 17.2. The number of para-hydroxylation sites is 2. The van der Waals surface area contributed by atoms with Gasteiger partial charge in [0.25, 0.3) is 0 Å². The minimum atomic E-state index is -0.712. The number of benzene rings is 5. The van der Waals surface area contributed by atoms with Crippen LogP contribution < -0.4 is 4.90 Å². The molecule has 1 atom stereocenters. The molecule has 0 amide bonds. The van der Waals surface area contributed by atoms with E-state index in [-0.39, 0.29) is 5.41 Å². The summed E-state index contributed by atoms with van der Waals surface area (Å²) >= 11 is 0. The Morgan fingerprint density at radius 1 is 0.333 bits per heavy atom. The van der Waals surface area contributed by atoms with Gasteiger partial charge in [-0.25, -0.2) is 0 Å². The highest BCUT2D eigenvalue weighted by molar-refractivity contribution is 5.95. The van der Waals surface area contributed by atoms with E-state index in [0.717, 1.165) is 51.0 Å². The summed E-state index contributed by atoms with van der Waals surface area (Å²) in [4.78, 5) is 22.9. The molecule has 1 unspecified atom stereocenters. The quantitative estimate of drug-likeness (QED) is 0.179. The molecule has 60 heavy (non-hydrogen) atoms. The topological polar surface area (TPSA) is 54.8 Å². The first-order valence-electron chi connectivity index (χ1n) is 20.7. The summed E-state index contributed by atoms with van der Waals surface area (Å²) in [5.41, 5.74) is 20.1. The van der Waals surface area contributed by atoms with Crippen LogP contribution in [0.5, 0.6) is 0 Å². The molecule has 0 aliphatic heterocycles. The van der Waals surface area contributed by atoms with Crippen LogP contribution in [0.15, 0.2) is 189 Å². The van der Waals surface area contributed by atoms with Gasteiger partial charge in [0.15, 0.2) is 0 Å².